The van der Waals surface area contributed by atoms with Crippen LogP contribution in [0.4, 0.5) is 35.3 Å². The van der Waals surface area contributed by atoms with E-state index in [9.17, 15) is 22.8 Å². The molecule has 2 aromatic rings. The average Bonchev–Trinajstić information content (AvgIpc) is 2.77. The highest BCUT2D eigenvalue weighted by molar-refractivity contribution is 5.83. The zero-order valence-electron chi connectivity index (χ0n) is 19.2. The largest absolute Gasteiger partial charge is 0.467 e. The molecule has 1 aromatic carbocycles. The summed E-state index contributed by atoms with van der Waals surface area (Å²) in [7, 11) is 1.23. The Bertz CT molecular complexity index is 1020. The van der Waals surface area contributed by atoms with Gasteiger partial charge in [-0.25, -0.2) is 19.6 Å². The first-order chi connectivity index (χ1) is 15.9. The average molecular weight is 481 g/mol. The number of hydrogen-bond acceptors (Lipinski definition) is 8. The monoisotopic (exact) mass is 481 g/mol. The summed E-state index contributed by atoms with van der Waals surface area (Å²) in [5.74, 6) is 0.0495. The van der Waals surface area contributed by atoms with Gasteiger partial charge in [0, 0.05) is 31.2 Å². The van der Waals surface area contributed by atoms with Crippen LogP contribution in [0.3, 0.4) is 0 Å². The minimum atomic E-state index is -4.44. The molecule has 2 heterocycles. The van der Waals surface area contributed by atoms with Crippen molar-refractivity contribution in [3.05, 3.63) is 42.2 Å². The highest BCUT2D eigenvalue weighted by atomic mass is 19.4. The number of alkyl halides is 3. The Labute approximate surface area is 194 Å². The zero-order valence-corrected chi connectivity index (χ0v) is 19.2. The number of rotatable bonds is 4. The number of ether oxygens (including phenoxy) is 2. The van der Waals surface area contributed by atoms with Gasteiger partial charge >= 0.3 is 18.2 Å². The molecule has 1 aliphatic heterocycles. The van der Waals surface area contributed by atoms with Crippen LogP contribution in [0.2, 0.25) is 0 Å². The zero-order chi connectivity index (χ0) is 25.1. The number of methoxy groups -OCH3 is 1. The van der Waals surface area contributed by atoms with Crippen LogP contribution in [0, 0.1) is 0 Å². The van der Waals surface area contributed by atoms with Crippen molar-refractivity contribution in [2.24, 2.45) is 0 Å². The third-order valence-corrected chi connectivity index (χ3v) is 4.94. The Morgan fingerprint density at radius 3 is 2.29 bits per heavy atom. The normalized spacial score (nSPS) is 16.7. The summed E-state index contributed by atoms with van der Waals surface area (Å²) in [6.07, 6.45) is -2.18. The lowest BCUT2D eigenvalue weighted by Crippen LogP contribution is -2.59. The lowest BCUT2D eigenvalue weighted by atomic mass is 10.1. The first-order valence-corrected chi connectivity index (χ1v) is 10.5. The number of nitrogens with zero attached hydrogens (tertiary/aromatic N) is 4. The number of nitrogens with one attached hydrogen (secondary N) is 1. The molecule has 0 spiro atoms. The molecule has 12 heteroatoms. The van der Waals surface area contributed by atoms with Crippen molar-refractivity contribution in [3.63, 3.8) is 0 Å². The molecule has 1 saturated heterocycles. The smallest absolute Gasteiger partial charge is 0.416 e. The number of benzene rings is 1. The third kappa shape index (κ3) is 6.06. The molecule has 1 fully saturated rings. The van der Waals surface area contributed by atoms with Crippen LogP contribution in [-0.2, 0) is 20.4 Å². The highest BCUT2D eigenvalue weighted by Crippen LogP contribution is 2.31. The Morgan fingerprint density at radius 2 is 1.71 bits per heavy atom. The van der Waals surface area contributed by atoms with Crippen LogP contribution >= 0.6 is 0 Å². The molecular weight excluding hydrogens is 455 g/mol. The van der Waals surface area contributed by atoms with Gasteiger partial charge in [0.25, 0.3) is 0 Å². The van der Waals surface area contributed by atoms with Crippen molar-refractivity contribution in [1.29, 1.82) is 0 Å². The summed E-state index contributed by atoms with van der Waals surface area (Å²) in [5.41, 5.74) is -1.12. The molecule has 9 nitrogen and oxygen atoms in total. The summed E-state index contributed by atoms with van der Waals surface area (Å²) in [6.45, 7) is 5.72. The second-order valence-electron chi connectivity index (χ2n) is 8.59. The predicted octanol–water partition coefficient (Wildman–Crippen LogP) is 3.84. The number of carbonyl (C=O) groups is 2. The molecular formula is C22H26F3N5O4. The van der Waals surface area contributed by atoms with Gasteiger partial charge in [0.2, 0.25) is 0 Å². The second-order valence-corrected chi connectivity index (χ2v) is 8.59. The lowest BCUT2D eigenvalue weighted by molar-refractivity contribution is -0.147. The Morgan fingerprint density at radius 1 is 1.06 bits per heavy atom. The number of esters is 1. The van der Waals surface area contributed by atoms with Crippen LogP contribution in [0.5, 0.6) is 0 Å². The minimum Gasteiger partial charge on any atom is -0.467 e. The molecule has 1 aliphatic rings. The van der Waals surface area contributed by atoms with Crippen molar-refractivity contribution in [1.82, 2.24) is 14.9 Å². The summed E-state index contributed by atoms with van der Waals surface area (Å²) in [5, 5.41) is 2.97. The molecule has 0 saturated carbocycles. The van der Waals surface area contributed by atoms with Crippen molar-refractivity contribution in [2.45, 2.75) is 38.6 Å². The van der Waals surface area contributed by atoms with E-state index in [0.29, 0.717) is 18.1 Å². The number of hydrogen-bond donors (Lipinski definition) is 1. The van der Waals surface area contributed by atoms with E-state index in [-0.39, 0.29) is 18.9 Å². The molecule has 1 aromatic heterocycles. The van der Waals surface area contributed by atoms with Crippen LogP contribution in [0.25, 0.3) is 0 Å². The lowest BCUT2D eigenvalue weighted by Gasteiger charge is -2.40. The van der Waals surface area contributed by atoms with E-state index in [1.165, 1.54) is 36.5 Å². The molecule has 0 unspecified atom stereocenters. The van der Waals surface area contributed by atoms with Crippen molar-refractivity contribution < 1.29 is 32.2 Å². The van der Waals surface area contributed by atoms with Crippen LogP contribution < -0.4 is 10.2 Å². The van der Waals surface area contributed by atoms with Gasteiger partial charge in [0.05, 0.1) is 19.2 Å². The van der Waals surface area contributed by atoms with E-state index >= 15 is 0 Å². The first-order valence-electron chi connectivity index (χ1n) is 10.5. The van der Waals surface area contributed by atoms with E-state index in [2.05, 4.69) is 15.3 Å². The summed E-state index contributed by atoms with van der Waals surface area (Å²) in [6, 6.07) is 3.56. The van der Waals surface area contributed by atoms with Crippen LogP contribution in [0.1, 0.15) is 26.3 Å². The molecule has 184 valence electrons. The maximum absolute atomic E-state index is 12.8. The van der Waals surface area contributed by atoms with E-state index in [1.54, 1.807) is 25.7 Å². The van der Waals surface area contributed by atoms with Gasteiger partial charge in [0.1, 0.15) is 5.60 Å². The second kappa shape index (κ2) is 9.74. The maximum Gasteiger partial charge on any atom is 0.416 e. The minimum absolute atomic E-state index is 0.0618. The number of halogens is 3. The quantitative estimate of drug-likeness (QED) is 0.658. The number of anilines is 3. The van der Waals surface area contributed by atoms with E-state index < -0.39 is 35.4 Å². The van der Waals surface area contributed by atoms with Crippen molar-refractivity contribution in [2.75, 3.05) is 37.0 Å². The summed E-state index contributed by atoms with van der Waals surface area (Å²) >= 11 is 0. The Balaban J connectivity index is 1.81. The molecule has 1 amide bonds. The fourth-order valence-electron chi connectivity index (χ4n) is 3.38. The van der Waals surface area contributed by atoms with Crippen LogP contribution in [-0.4, -0.2) is 65.3 Å². The molecule has 0 aliphatic carbocycles. The molecule has 1 N–H and O–H groups in total. The van der Waals surface area contributed by atoms with Gasteiger partial charge in [-0.2, -0.15) is 13.2 Å². The van der Waals surface area contributed by atoms with Gasteiger partial charge < -0.3 is 19.7 Å². The third-order valence-electron chi connectivity index (χ3n) is 4.94. The molecule has 3 rings (SSSR count). The highest BCUT2D eigenvalue weighted by Gasteiger charge is 2.39. The standard InChI is InChI=1S/C22H26F3N5O4/c1-21(2,3)34-20(32)30-12-11-29(13-16(30)19(31)33-4)18-17(26-9-10-27-18)28-15-7-5-14(6-8-15)22(23,24)25/h5-10,16H,11-13H2,1-4H3,(H,26,28)/t16-/m1/s1. The molecule has 0 radical (unpaired) electrons. The SMILES string of the molecule is COC(=O)[C@H]1CN(c2nccnc2Nc2ccc(C(F)(F)F)cc2)CCN1C(=O)OC(C)(C)C. The Hall–Kier alpha value is -3.57. The fourth-order valence-corrected chi connectivity index (χ4v) is 3.38. The topological polar surface area (TPSA) is 96.9 Å². The van der Waals surface area contributed by atoms with E-state index in [1.807, 2.05) is 0 Å². The summed E-state index contributed by atoms with van der Waals surface area (Å²) in [4.78, 5) is 36.8. The predicted molar refractivity (Wildman–Crippen MR) is 118 cm³/mol. The number of carbonyl (C=O) groups excluding carboxylic acids is 2. The van der Waals surface area contributed by atoms with Gasteiger partial charge in [0.15, 0.2) is 17.7 Å². The van der Waals surface area contributed by atoms with Gasteiger partial charge in [-0.3, -0.25) is 4.90 Å². The number of piperazine rings is 1. The number of aromatic nitrogens is 2. The van der Waals surface area contributed by atoms with Crippen LogP contribution in [0.15, 0.2) is 36.7 Å². The van der Waals surface area contributed by atoms with Gasteiger partial charge in [-0.05, 0) is 45.0 Å². The fraction of sp³-hybridized carbons (Fsp3) is 0.455. The Kier molecular flexibility index (Phi) is 7.18. The van der Waals surface area contributed by atoms with Gasteiger partial charge in [-0.15, -0.1) is 0 Å². The summed E-state index contributed by atoms with van der Waals surface area (Å²) < 4.78 is 48.8. The van der Waals surface area contributed by atoms with E-state index in [0.717, 1.165) is 12.1 Å². The van der Waals surface area contributed by atoms with Crippen molar-refractivity contribution in [3.8, 4) is 0 Å². The molecule has 0 bridgehead atoms. The maximum atomic E-state index is 12.8. The first kappa shape index (κ1) is 25.1. The number of amides is 1. The van der Waals surface area contributed by atoms with Gasteiger partial charge in [-0.1, -0.05) is 0 Å². The molecule has 34 heavy (non-hydrogen) atoms. The van der Waals surface area contributed by atoms with Crippen molar-refractivity contribution >= 4 is 29.4 Å². The molecule has 1 atom stereocenters. The van der Waals surface area contributed by atoms with E-state index in [4.69, 9.17) is 9.47 Å².